The molecule has 2 heterocycles. The van der Waals surface area contributed by atoms with Gasteiger partial charge in [-0.15, -0.1) is 0 Å². The maximum atomic E-state index is 12.9. The fourth-order valence-electron chi connectivity index (χ4n) is 5.70. The Morgan fingerprint density at radius 3 is 2.55 bits per heavy atom. The molecule has 1 saturated heterocycles. The van der Waals surface area contributed by atoms with E-state index >= 15 is 0 Å². The predicted molar refractivity (Wildman–Crippen MR) is 139 cm³/mol. The Bertz CT molecular complexity index is 1060. The largest absolute Gasteiger partial charge is 0.416 e. The van der Waals surface area contributed by atoms with E-state index in [1.165, 1.54) is 62.8 Å². The van der Waals surface area contributed by atoms with Crippen LogP contribution < -0.4 is 10.6 Å². The van der Waals surface area contributed by atoms with Gasteiger partial charge in [-0.1, -0.05) is 25.0 Å². The summed E-state index contributed by atoms with van der Waals surface area (Å²) >= 11 is 0. The number of hydrogen-bond donors (Lipinski definition) is 2. The van der Waals surface area contributed by atoms with Crippen molar-refractivity contribution in [3.8, 4) is 0 Å². The van der Waals surface area contributed by atoms with Crippen LogP contribution in [0.2, 0.25) is 0 Å². The van der Waals surface area contributed by atoms with Crippen molar-refractivity contribution in [3.63, 3.8) is 0 Å². The molecular weight excluding hydrogens is 493 g/mol. The molecule has 2 aromatic rings. The number of hydrogen-bond acceptors (Lipinski definition) is 4. The van der Waals surface area contributed by atoms with Gasteiger partial charge < -0.3 is 10.6 Å². The first-order valence-electron chi connectivity index (χ1n) is 13.7. The summed E-state index contributed by atoms with van der Waals surface area (Å²) in [4.78, 5) is 31.5. The molecule has 1 atom stereocenters. The molecule has 1 aromatic carbocycles. The molecule has 2 fully saturated rings. The molecule has 2 aliphatic rings. The zero-order valence-corrected chi connectivity index (χ0v) is 21.7. The number of nitrogens with one attached hydrogen (secondary N) is 2. The van der Waals surface area contributed by atoms with Gasteiger partial charge in [0.05, 0.1) is 12.1 Å². The lowest BCUT2D eigenvalue weighted by Crippen LogP contribution is -2.44. The minimum atomic E-state index is -4.53. The maximum absolute atomic E-state index is 12.9. The van der Waals surface area contributed by atoms with E-state index in [0.29, 0.717) is 6.04 Å². The van der Waals surface area contributed by atoms with Crippen molar-refractivity contribution in [2.24, 2.45) is 5.92 Å². The highest BCUT2D eigenvalue weighted by Crippen LogP contribution is 2.32. The third-order valence-corrected chi connectivity index (χ3v) is 7.80. The monoisotopic (exact) mass is 530 g/mol. The molecule has 38 heavy (non-hydrogen) atoms. The Labute approximate surface area is 222 Å². The Hall–Kier alpha value is -2.94. The SMILES string of the molecule is O=C(CNC(=O)c1cccc(C(F)(F)F)c1)N[C@@H]1CCN(C2CCC(CCCCc3ccccn3)CC2)C1. The number of likely N-dealkylation sites (tertiary alicyclic amines) is 1. The van der Waals surface area contributed by atoms with Gasteiger partial charge in [-0.05, 0) is 81.2 Å². The van der Waals surface area contributed by atoms with Crippen molar-refractivity contribution in [2.45, 2.75) is 76.0 Å². The van der Waals surface area contributed by atoms with Crippen LogP contribution in [0.1, 0.15) is 73.0 Å². The summed E-state index contributed by atoms with van der Waals surface area (Å²) in [6.07, 6.45) is 7.84. The molecule has 6 nitrogen and oxygen atoms in total. The second kappa shape index (κ2) is 13.2. The third kappa shape index (κ3) is 8.28. The number of pyridine rings is 1. The Morgan fingerprint density at radius 1 is 1.00 bits per heavy atom. The molecular formula is C29H37F3N4O2. The van der Waals surface area contributed by atoms with E-state index in [2.05, 4.69) is 26.6 Å². The number of halogens is 3. The highest BCUT2D eigenvalue weighted by molar-refractivity contribution is 5.96. The van der Waals surface area contributed by atoms with Crippen molar-refractivity contribution in [1.29, 1.82) is 0 Å². The molecule has 0 spiro atoms. The number of aryl methyl sites for hydroxylation is 1. The van der Waals surface area contributed by atoms with Gasteiger partial charge in [-0.2, -0.15) is 13.2 Å². The summed E-state index contributed by atoms with van der Waals surface area (Å²) in [5.41, 5.74) is 0.156. The topological polar surface area (TPSA) is 74.3 Å². The number of benzene rings is 1. The fourth-order valence-corrected chi connectivity index (χ4v) is 5.70. The number of amides is 2. The van der Waals surface area contributed by atoms with Gasteiger partial charge in [0, 0.05) is 42.6 Å². The minimum Gasteiger partial charge on any atom is -0.350 e. The Balaban J connectivity index is 1.11. The van der Waals surface area contributed by atoms with E-state index in [1.807, 2.05) is 18.3 Å². The van der Waals surface area contributed by atoms with Gasteiger partial charge in [0.15, 0.2) is 0 Å². The van der Waals surface area contributed by atoms with E-state index in [4.69, 9.17) is 0 Å². The van der Waals surface area contributed by atoms with Crippen molar-refractivity contribution < 1.29 is 22.8 Å². The van der Waals surface area contributed by atoms with Crippen LogP contribution in [0.4, 0.5) is 13.2 Å². The molecule has 1 aromatic heterocycles. The Morgan fingerprint density at radius 2 is 1.82 bits per heavy atom. The Kier molecular flexibility index (Phi) is 9.77. The van der Waals surface area contributed by atoms with Crippen molar-refractivity contribution in [3.05, 3.63) is 65.5 Å². The van der Waals surface area contributed by atoms with Crippen LogP contribution in [0, 0.1) is 5.92 Å². The quantitative estimate of drug-likeness (QED) is 0.425. The lowest BCUT2D eigenvalue weighted by atomic mass is 9.82. The fraction of sp³-hybridized carbons (Fsp3) is 0.552. The van der Waals surface area contributed by atoms with Crippen LogP contribution in [0.15, 0.2) is 48.7 Å². The van der Waals surface area contributed by atoms with Crippen LogP contribution in [0.3, 0.4) is 0 Å². The van der Waals surface area contributed by atoms with Gasteiger partial charge >= 0.3 is 6.18 Å². The molecule has 0 unspecified atom stereocenters. The zero-order valence-electron chi connectivity index (χ0n) is 21.7. The van der Waals surface area contributed by atoms with E-state index in [9.17, 15) is 22.8 Å². The van der Waals surface area contributed by atoms with Crippen LogP contribution in [-0.2, 0) is 17.4 Å². The number of rotatable bonds is 10. The van der Waals surface area contributed by atoms with Crippen LogP contribution >= 0.6 is 0 Å². The molecule has 0 bridgehead atoms. The second-order valence-corrected chi connectivity index (χ2v) is 10.6. The average molecular weight is 531 g/mol. The lowest BCUT2D eigenvalue weighted by molar-refractivity contribution is -0.137. The summed E-state index contributed by atoms with van der Waals surface area (Å²) in [6, 6.07) is 10.8. The highest BCUT2D eigenvalue weighted by atomic mass is 19.4. The molecule has 2 amide bonds. The zero-order chi connectivity index (χ0) is 27.0. The first kappa shape index (κ1) is 28.1. The minimum absolute atomic E-state index is 0.0253. The number of carbonyl (C=O) groups is 2. The standard InChI is InChI=1S/C29H37F3N4O2/c30-29(31,32)23-8-5-7-22(18-23)28(38)34-19-27(37)35-25-15-17-36(20-25)26-13-11-21(12-14-26)6-1-2-9-24-10-3-4-16-33-24/h3-5,7-8,10,16,18,21,25-26H,1-2,6,9,11-15,17,19-20H2,(H,34,38)(H,35,37)/t21?,25-,26?/m1/s1. The molecule has 1 aliphatic heterocycles. The smallest absolute Gasteiger partial charge is 0.350 e. The van der Waals surface area contributed by atoms with Crippen molar-refractivity contribution in [2.75, 3.05) is 19.6 Å². The number of aromatic nitrogens is 1. The normalized spacial score (nSPS) is 22.2. The van der Waals surface area contributed by atoms with Crippen molar-refractivity contribution in [1.82, 2.24) is 20.5 Å². The van der Waals surface area contributed by atoms with Crippen molar-refractivity contribution >= 4 is 11.8 Å². The first-order valence-corrected chi connectivity index (χ1v) is 13.7. The maximum Gasteiger partial charge on any atom is 0.416 e. The number of carbonyl (C=O) groups excluding carboxylic acids is 2. The summed E-state index contributed by atoms with van der Waals surface area (Å²) < 4.78 is 38.6. The van der Waals surface area contributed by atoms with E-state index < -0.39 is 17.6 Å². The van der Waals surface area contributed by atoms with Gasteiger partial charge in [0.1, 0.15) is 0 Å². The number of unbranched alkanes of at least 4 members (excludes halogenated alkanes) is 1. The number of nitrogens with zero attached hydrogens (tertiary/aromatic N) is 2. The molecule has 206 valence electrons. The summed E-state index contributed by atoms with van der Waals surface area (Å²) in [7, 11) is 0. The average Bonchev–Trinajstić information content (AvgIpc) is 3.38. The lowest BCUT2D eigenvalue weighted by Gasteiger charge is -2.34. The van der Waals surface area contributed by atoms with Gasteiger partial charge in [-0.25, -0.2) is 0 Å². The molecule has 1 aliphatic carbocycles. The molecule has 0 radical (unpaired) electrons. The second-order valence-electron chi connectivity index (χ2n) is 10.6. The predicted octanol–water partition coefficient (Wildman–Crippen LogP) is 4.99. The molecule has 4 rings (SSSR count). The molecule has 2 N–H and O–H groups in total. The van der Waals surface area contributed by atoms with Gasteiger partial charge in [-0.3, -0.25) is 19.5 Å². The van der Waals surface area contributed by atoms with Gasteiger partial charge in [0.2, 0.25) is 5.91 Å². The summed E-state index contributed by atoms with van der Waals surface area (Å²) in [6.45, 7) is 1.48. The summed E-state index contributed by atoms with van der Waals surface area (Å²) in [5, 5.41) is 5.39. The van der Waals surface area contributed by atoms with Gasteiger partial charge in [0.25, 0.3) is 5.91 Å². The van der Waals surface area contributed by atoms with E-state index in [0.717, 1.165) is 44.0 Å². The highest BCUT2D eigenvalue weighted by Gasteiger charge is 2.32. The first-order chi connectivity index (χ1) is 18.3. The van der Waals surface area contributed by atoms with E-state index in [-0.39, 0.29) is 24.1 Å². The van der Waals surface area contributed by atoms with Crippen LogP contribution in [-0.4, -0.2) is 53.4 Å². The number of alkyl halides is 3. The van der Waals surface area contributed by atoms with E-state index in [1.54, 1.807) is 0 Å². The summed E-state index contributed by atoms with van der Waals surface area (Å²) in [5.74, 6) is -0.229. The molecule has 9 heteroatoms. The van der Waals surface area contributed by atoms with Crippen LogP contribution in [0.25, 0.3) is 0 Å². The molecule has 1 saturated carbocycles. The third-order valence-electron chi connectivity index (χ3n) is 7.80. The van der Waals surface area contributed by atoms with Crippen LogP contribution in [0.5, 0.6) is 0 Å².